The number of rotatable bonds is 6. The molecule has 0 aliphatic rings. The van der Waals surface area contributed by atoms with Gasteiger partial charge >= 0.3 is 0 Å². The number of pyridine rings is 1. The van der Waals surface area contributed by atoms with E-state index in [0.717, 1.165) is 18.8 Å². The van der Waals surface area contributed by atoms with Gasteiger partial charge in [-0.1, -0.05) is 49.4 Å². The lowest BCUT2D eigenvalue weighted by Crippen LogP contribution is -3.00. The van der Waals surface area contributed by atoms with E-state index in [1.165, 1.54) is 27.7 Å². The first-order valence-corrected chi connectivity index (χ1v) is 9.21. The van der Waals surface area contributed by atoms with Crippen LogP contribution < -0.4 is 38.8 Å². The van der Waals surface area contributed by atoms with Crippen molar-refractivity contribution in [1.29, 1.82) is 0 Å². The van der Waals surface area contributed by atoms with Crippen LogP contribution in [0.15, 0.2) is 54.6 Å². The molecule has 0 unspecified atom stereocenters. The van der Waals surface area contributed by atoms with Crippen molar-refractivity contribution in [2.75, 3.05) is 30.9 Å². The highest BCUT2D eigenvalue weighted by Gasteiger charge is 2.12. The summed E-state index contributed by atoms with van der Waals surface area (Å²) in [5, 5.41) is 4.80. The summed E-state index contributed by atoms with van der Waals surface area (Å²) in [4.78, 5) is 2.11. The minimum atomic E-state index is 0. The number of aromatic nitrogens is 1. The number of para-hydroxylation sites is 1. The van der Waals surface area contributed by atoms with Gasteiger partial charge in [-0.25, -0.2) is 4.57 Å². The molecule has 4 heteroatoms. The van der Waals surface area contributed by atoms with E-state index in [0.29, 0.717) is 0 Å². The van der Waals surface area contributed by atoms with E-state index in [9.17, 15) is 0 Å². The van der Waals surface area contributed by atoms with Crippen molar-refractivity contribution >= 4 is 34.6 Å². The first kappa shape index (κ1) is 21.2. The molecule has 1 heterocycles. The van der Waals surface area contributed by atoms with Crippen LogP contribution in [-0.4, -0.2) is 20.6 Å². The maximum Gasteiger partial charge on any atom is 0.275 e. The molecule has 2 aromatic carbocycles. The Hall–Kier alpha value is -2.08. The van der Waals surface area contributed by atoms with Crippen LogP contribution >= 0.6 is 0 Å². The van der Waals surface area contributed by atoms with Gasteiger partial charge in [0.05, 0.1) is 13.6 Å². The Morgan fingerprint density at radius 3 is 2.37 bits per heavy atom. The van der Waals surface area contributed by atoms with Gasteiger partial charge in [0.15, 0.2) is 0 Å². The molecule has 0 atom stereocenters. The molecular weight excluding hydrogens is 445 g/mol. The number of benzene rings is 2. The quantitative estimate of drug-likeness (QED) is 0.435. The molecule has 1 N–H and O–H groups in total. The third-order valence-electron chi connectivity index (χ3n) is 4.65. The van der Waals surface area contributed by atoms with E-state index in [2.05, 4.69) is 110 Å². The maximum atomic E-state index is 3.54. The second kappa shape index (κ2) is 9.74. The van der Waals surface area contributed by atoms with Crippen molar-refractivity contribution < 1.29 is 28.5 Å². The Morgan fingerprint density at radius 1 is 1.00 bits per heavy atom. The minimum Gasteiger partial charge on any atom is -1.00 e. The highest BCUT2D eigenvalue weighted by Crippen LogP contribution is 2.22. The van der Waals surface area contributed by atoms with Crippen LogP contribution in [0.3, 0.4) is 0 Å². The average Bonchev–Trinajstić information content (AvgIpc) is 2.67. The topological polar surface area (TPSA) is 19.1 Å². The molecule has 0 bridgehead atoms. The normalized spacial score (nSPS) is 10.8. The van der Waals surface area contributed by atoms with Crippen LogP contribution in [0.1, 0.15) is 24.5 Å². The predicted molar refractivity (Wildman–Crippen MR) is 114 cm³/mol. The van der Waals surface area contributed by atoms with Gasteiger partial charge in [-0.3, -0.25) is 5.32 Å². The lowest BCUT2D eigenvalue weighted by molar-refractivity contribution is -0.630. The van der Waals surface area contributed by atoms with Crippen LogP contribution in [0.5, 0.6) is 0 Å². The van der Waals surface area contributed by atoms with Crippen LogP contribution in [0.4, 0.5) is 11.5 Å². The molecule has 0 radical (unpaired) electrons. The summed E-state index contributed by atoms with van der Waals surface area (Å²) < 4.78 is 2.23. The zero-order chi connectivity index (χ0) is 18.5. The monoisotopic (exact) mass is 473 g/mol. The fraction of sp³-hybridized carbons (Fsp3) is 0.261. The number of anilines is 2. The summed E-state index contributed by atoms with van der Waals surface area (Å²) in [7, 11) is 6.24. The largest absolute Gasteiger partial charge is 1.00 e. The summed E-state index contributed by atoms with van der Waals surface area (Å²) >= 11 is 0. The Bertz CT molecular complexity index is 915. The molecule has 27 heavy (non-hydrogen) atoms. The van der Waals surface area contributed by atoms with E-state index in [-0.39, 0.29) is 24.0 Å². The lowest BCUT2D eigenvalue weighted by Gasteiger charge is -2.12. The SMILES string of the molecule is CCCNc1cc(/C=C/c2ccc(N(C)C)cc2)c2ccccc2[n+]1C.[I-]. The number of halogens is 1. The lowest BCUT2D eigenvalue weighted by atomic mass is 10.1. The van der Waals surface area contributed by atoms with Crippen LogP contribution in [0.25, 0.3) is 23.1 Å². The molecule has 0 amide bonds. The fourth-order valence-corrected chi connectivity index (χ4v) is 3.09. The molecule has 0 saturated carbocycles. The summed E-state index contributed by atoms with van der Waals surface area (Å²) in [5.74, 6) is 1.15. The van der Waals surface area contributed by atoms with Crippen LogP contribution in [0, 0.1) is 0 Å². The maximum absolute atomic E-state index is 3.54. The van der Waals surface area contributed by atoms with Crippen LogP contribution in [-0.2, 0) is 7.05 Å². The third kappa shape index (κ3) is 5.01. The Morgan fingerprint density at radius 2 is 1.70 bits per heavy atom. The van der Waals surface area contributed by atoms with Crippen molar-refractivity contribution in [3.63, 3.8) is 0 Å². The number of aryl methyl sites for hydroxylation is 1. The zero-order valence-corrected chi connectivity index (χ0v) is 18.7. The van der Waals surface area contributed by atoms with E-state index in [1.807, 2.05) is 0 Å². The van der Waals surface area contributed by atoms with Gasteiger partial charge in [-0.2, -0.15) is 0 Å². The number of nitrogens with zero attached hydrogens (tertiary/aromatic N) is 2. The second-order valence-electron chi connectivity index (χ2n) is 6.81. The average molecular weight is 473 g/mol. The molecule has 3 nitrogen and oxygen atoms in total. The van der Waals surface area contributed by atoms with E-state index >= 15 is 0 Å². The van der Waals surface area contributed by atoms with Crippen molar-refractivity contribution in [1.82, 2.24) is 0 Å². The molecule has 0 aliphatic carbocycles. The smallest absolute Gasteiger partial charge is 0.275 e. The Kier molecular flexibility index (Phi) is 7.66. The van der Waals surface area contributed by atoms with Gasteiger partial charge in [-0.05, 0) is 35.7 Å². The van der Waals surface area contributed by atoms with Crippen LogP contribution in [0.2, 0.25) is 0 Å². The Balaban J connectivity index is 0.00000261. The van der Waals surface area contributed by atoms with E-state index < -0.39 is 0 Å². The zero-order valence-electron chi connectivity index (χ0n) is 16.5. The Labute approximate surface area is 179 Å². The molecule has 0 fully saturated rings. The minimum absolute atomic E-state index is 0. The van der Waals surface area contributed by atoms with Gasteiger partial charge in [0, 0.05) is 31.2 Å². The first-order valence-electron chi connectivity index (χ1n) is 9.21. The predicted octanol–water partition coefficient (Wildman–Crippen LogP) is 1.73. The molecule has 3 rings (SSSR count). The molecule has 142 valence electrons. The summed E-state index contributed by atoms with van der Waals surface area (Å²) in [6, 6.07) is 19.4. The van der Waals surface area contributed by atoms with Crippen molar-refractivity contribution in [3.05, 3.63) is 65.7 Å². The molecule has 0 saturated heterocycles. The molecule has 0 spiro atoms. The fourth-order valence-electron chi connectivity index (χ4n) is 3.09. The van der Waals surface area contributed by atoms with Crippen molar-refractivity contribution in [3.8, 4) is 0 Å². The highest BCUT2D eigenvalue weighted by molar-refractivity contribution is 5.90. The summed E-state index contributed by atoms with van der Waals surface area (Å²) in [6.45, 7) is 3.16. The molecular formula is C23H28IN3. The van der Waals surface area contributed by atoms with Gasteiger partial charge < -0.3 is 28.9 Å². The van der Waals surface area contributed by atoms with E-state index in [1.54, 1.807) is 0 Å². The van der Waals surface area contributed by atoms with Crippen molar-refractivity contribution in [2.45, 2.75) is 13.3 Å². The standard InChI is InChI=1S/C23H27N3.HI/c1-5-16-24-23-17-19(21-8-6-7-9-22(21)26(23)4)13-10-18-11-14-20(15-12-18)25(2)3;/h6-15,17H,5,16H2,1-4H3;1H/b13-10+;. The van der Waals surface area contributed by atoms with Gasteiger partial charge in [0.25, 0.3) is 5.82 Å². The summed E-state index contributed by atoms with van der Waals surface area (Å²) in [6.07, 6.45) is 5.51. The number of fused-ring (bicyclic) bond motifs is 1. The first-order chi connectivity index (χ1) is 12.6. The van der Waals surface area contributed by atoms with Gasteiger partial charge in [0.2, 0.25) is 0 Å². The number of hydrogen-bond acceptors (Lipinski definition) is 2. The molecule has 1 aromatic heterocycles. The van der Waals surface area contributed by atoms with Gasteiger partial charge in [-0.15, -0.1) is 0 Å². The van der Waals surface area contributed by atoms with Crippen molar-refractivity contribution in [2.24, 2.45) is 7.05 Å². The molecule has 0 aliphatic heterocycles. The third-order valence-corrected chi connectivity index (χ3v) is 4.65. The van der Waals surface area contributed by atoms with Gasteiger partial charge in [0.1, 0.15) is 5.52 Å². The summed E-state index contributed by atoms with van der Waals surface area (Å²) in [5.41, 5.74) is 4.88. The number of hydrogen-bond donors (Lipinski definition) is 1. The second-order valence-corrected chi connectivity index (χ2v) is 6.81. The molecule has 3 aromatic rings. The van der Waals surface area contributed by atoms with E-state index in [4.69, 9.17) is 0 Å². The number of nitrogens with one attached hydrogen (secondary N) is 1. The highest BCUT2D eigenvalue weighted by atomic mass is 127.